The predicted molar refractivity (Wildman–Crippen MR) is 117 cm³/mol. The molecule has 0 saturated carbocycles. The molecule has 1 atom stereocenters. The average Bonchev–Trinajstić information content (AvgIpc) is 3.29. The number of furan rings is 1. The Morgan fingerprint density at radius 2 is 1.67 bits per heavy atom. The Morgan fingerprint density at radius 3 is 2.27 bits per heavy atom. The summed E-state index contributed by atoms with van der Waals surface area (Å²) in [5.41, 5.74) is 1.55. The van der Waals surface area contributed by atoms with Crippen molar-refractivity contribution in [1.29, 1.82) is 0 Å². The maximum absolute atomic E-state index is 13.3. The van der Waals surface area contributed by atoms with E-state index in [4.69, 9.17) is 4.42 Å². The van der Waals surface area contributed by atoms with Crippen molar-refractivity contribution < 1.29 is 17.6 Å². The van der Waals surface area contributed by atoms with Crippen molar-refractivity contribution in [1.82, 2.24) is 4.90 Å². The Labute approximate surface area is 177 Å². The molecule has 2 aromatic carbocycles. The number of benzene rings is 2. The number of nitrogens with zero attached hydrogens (tertiary/aromatic N) is 2. The number of hydrogen-bond acceptors (Lipinski definition) is 4. The van der Waals surface area contributed by atoms with Gasteiger partial charge in [0.1, 0.15) is 5.76 Å². The summed E-state index contributed by atoms with van der Waals surface area (Å²) in [6, 6.07) is 18.8. The van der Waals surface area contributed by atoms with Gasteiger partial charge in [0.2, 0.25) is 5.91 Å². The molecule has 0 N–H and O–H groups in total. The predicted octanol–water partition coefficient (Wildman–Crippen LogP) is 4.39. The largest absolute Gasteiger partial charge is 0.467 e. The number of rotatable bonds is 8. The summed E-state index contributed by atoms with van der Waals surface area (Å²) in [6.45, 7) is 3.85. The zero-order valence-electron chi connectivity index (χ0n) is 17.4. The van der Waals surface area contributed by atoms with Gasteiger partial charge in [0, 0.05) is 20.0 Å². The van der Waals surface area contributed by atoms with E-state index >= 15 is 0 Å². The lowest BCUT2D eigenvalue weighted by molar-refractivity contribution is -0.131. The summed E-state index contributed by atoms with van der Waals surface area (Å²) in [6.07, 6.45) is 1.61. The molecule has 0 radical (unpaired) electrons. The number of amides is 1. The van der Waals surface area contributed by atoms with E-state index in [0.717, 1.165) is 5.56 Å². The summed E-state index contributed by atoms with van der Waals surface area (Å²) in [7, 11) is -2.12. The SMILES string of the molecule is Cc1ccc(N(CCC(=O)N(C)C(C)c2ccco2)S(=O)(=O)c2ccccc2)cc1. The van der Waals surface area contributed by atoms with E-state index in [-0.39, 0.29) is 29.8 Å². The summed E-state index contributed by atoms with van der Waals surface area (Å²) >= 11 is 0. The molecular formula is C23H26N2O4S. The number of carbonyl (C=O) groups is 1. The van der Waals surface area contributed by atoms with E-state index < -0.39 is 10.0 Å². The van der Waals surface area contributed by atoms with E-state index in [1.807, 2.05) is 32.0 Å². The molecule has 1 aromatic heterocycles. The van der Waals surface area contributed by atoms with Gasteiger partial charge in [-0.1, -0.05) is 35.9 Å². The van der Waals surface area contributed by atoms with Crippen LogP contribution < -0.4 is 4.31 Å². The maximum Gasteiger partial charge on any atom is 0.264 e. The third kappa shape index (κ3) is 4.74. The molecule has 0 aliphatic rings. The molecule has 0 bridgehead atoms. The molecular weight excluding hydrogens is 400 g/mol. The van der Waals surface area contributed by atoms with Crippen molar-refractivity contribution in [3.63, 3.8) is 0 Å². The van der Waals surface area contributed by atoms with Crippen LogP contribution in [0.25, 0.3) is 0 Å². The molecule has 0 aliphatic carbocycles. The molecule has 1 amide bonds. The summed E-state index contributed by atoms with van der Waals surface area (Å²) in [5, 5.41) is 0. The lowest BCUT2D eigenvalue weighted by Gasteiger charge is -2.27. The number of sulfonamides is 1. The highest BCUT2D eigenvalue weighted by Crippen LogP contribution is 2.25. The average molecular weight is 427 g/mol. The fourth-order valence-electron chi connectivity index (χ4n) is 3.13. The maximum atomic E-state index is 13.3. The minimum absolute atomic E-state index is 0.0360. The first-order chi connectivity index (χ1) is 14.3. The van der Waals surface area contributed by atoms with E-state index in [9.17, 15) is 13.2 Å². The number of hydrogen-bond donors (Lipinski definition) is 0. The minimum atomic E-state index is -3.81. The third-order valence-corrected chi connectivity index (χ3v) is 6.95. The highest BCUT2D eigenvalue weighted by molar-refractivity contribution is 7.92. The Kier molecular flexibility index (Phi) is 6.62. The van der Waals surface area contributed by atoms with Crippen LogP contribution in [-0.2, 0) is 14.8 Å². The first-order valence-corrected chi connectivity index (χ1v) is 11.2. The van der Waals surface area contributed by atoms with Crippen LogP contribution in [0.4, 0.5) is 5.69 Å². The van der Waals surface area contributed by atoms with Gasteiger partial charge in [-0.3, -0.25) is 9.10 Å². The highest BCUT2D eigenvalue weighted by Gasteiger charge is 2.27. The lowest BCUT2D eigenvalue weighted by Crippen LogP contribution is -2.36. The van der Waals surface area contributed by atoms with Gasteiger partial charge in [-0.25, -0.2) is 8.42 Å². The fraction of sp³-hybridized carbons (Fsp3) is 0.261. The van der Waals surface area contributed by atoms with Crippen molar-refractivity contribution >= 4 is 21.6 Å². The molecule has 0 saturated heterocycles. The van der Waals surface area contributed by atoms with Gasteiger partial charge in [0.25, 0.3) is 10.0 Å². The normalized spacial score (nSPS) is 12.4. The third-order valence-electron chi connectivity index (χ3n) is 5.11. The molecule has 0 spiro atoms. The second kappa shape index (κ2) is 9.17. The van der Waals surface area contributed by atoms with Crippen LogP contribution in [0.5, 0.6) is 0 Å². The van der Waals surface area contributed by atoms with Crippen LogP contribution in [0.3, 0.4) is 0 Å². The van der Waals surface area contributed by atoms with Gasteiger partial charge >= 0.3 is 0 Å². The molecule has 0 fully saturated rings. The molecule has 3 rings (SSSR count). The number of aryl methyl sites for hydroxylation is 1. The van der Waals surface area contributed by atoms with Gasteiger partial charge in [-0.15, -0.1) is 0 Å². The van der Waals surface area contributed by atoms with E-state index in [1.54, 1.807) is 66.7 Å². The zero-order chi connectivity index (χ0) is 21.7. The Bertz CT molecular complexity index is 1060. The first kappa shape index (κ1) is 21.6. The summed E-state index contributed by atoms with van der Waals surface area (Å²) < 4.78 is 33.3. The standard InChI is InChI=1S/C23H26N2O4S/c1-18-11-13-20(14-12-18)25(30(27,28)21-8-5-4-6-9-21)16-15-23(26)24(3)19(2)22-10-7-17-29-22/h4-14,17,19H,15-16H2,1-3H3. The van der Waals surface area contributed by atoms with E-state index in [1.165, 1.54) is 4.31 Å². The first-order valence-electron chi connectivity index (χ1n) is 9.74. The van der Waals surface area contributed by atoms with Gasteiger partial charge < -0.3 is 9.32 Å². The van der Waals surface area contributed by atoms with Crippen LogP contribution >= 0.6 is 0 Å². The van der Waals surface area contributed by atoms with Crippen molar-refractivity contribution in [3.05, 3.63) is 84.3 Å². The second-order valence-electron chi connectivity index (χ2n) is 7.17. The molecule has 158 valence electrons. The fourth-order valence-corrected chi connectivity index (χ4v) is 4.61. The van der Waals surface area contributed by atoms with Crippen LogP contribution in [0.15, 0.2) is 82.3 Å². The van der Waals surface area contributed by atoms with E-state index in [0.29, 0.717) is 11.4 Å². The molecule has 30 heavy (non-hydrogen) atoms. The van der Waals surface area contributed by atoms with Crippen molar-refractivity contribution in [2.24, 2.45) is 0 Å². The highest BCUT2D eigenvalue weighted by atomic mass is 32.2. The Morgan fingerprint density at radius 1 is 1.00 bits per heavy atom. The van der Waals surface area contributed by atoms with Crippen molar-refractivity contribution in [2.75, 3.05) is 17.9 Å². The molecule has 1 heterocycles. The van der Waals surface area contributed by atoms with Gasteiger partial charge in [0.15, 0.2) is 0 Å². The lowest BCUT2D eigenvalue weighted by atomic mass is 10.2. The smallest absolute Gasteiger partial charge is 0.264 e. The van der Waals surface area contributed by atoms with Gasteiger partial charge in [-0.2, -0.15) is 0 Å². The monoisotopic (exact) mass is 426 g/mol. The van der Waals surface area contributed by atoms with Crippen LogP contribution in [-0.4, -0.2) is 32.8 Å². The molecule has 3 aromatic rings. The number of carbonyl (C=O) groups excluding carboxylic acids is 1. The second-order valence-corrected chi connectivity index (χ2v) is 9.03. The summed E-state index contributed by atoms with van der Waals surface area (Å²) in [4.78, 5) is 14.6. The van der Waals surface area contributed by atoms with Gasteiger partial charge in [0.05, 0.1) is 22.9 Å². The molecule has 0 aliphatic heterocycles. The van der Waals surface area contributed by atoms with Crippen LogP contribution in [0.1, 0.15) is 30.7 Å². The molecule has 7 heteroatoms. The van der Waals surface area contributed by atoms with Crippen LogP contribution in [0.2, 0.25) is 0 Å². The van der Waals surface area contributed by atoms with Crippen molar-refractivity contribution in [3.8, 4) is 0 Å². The quantitative estimate of drug-likeness (QED) is 0.535. The molecule has 1 unspecified atom stereocenters. The number of anilines is 1. The van der Waals surface area contributed by atoms with Crippen LogP contribution in [0, 0.1) is 6.92 Å². The van der Waals surface area contributed by atoms with E-state index in [2.05, 4.69) is 0 Å². The summed E-state index contributed by atoms with van der Waals surface area (Å²) in [5.74, 6) is 0.512. The van der Waals surface area contributed by atoms with Gasteiger partial charge in [-0.05, 0) is 50.2 Å². The molecule has 6 nitrogen and oxygen atoms in total. The Hall–Kier alpha value is -3.06. The topological polar surface area (TPSA) is 70.8 Å². The van der Waals surface area contributed by atoms with Crippen molar-refractivity contribution in [2.45, 2.75) is 31.2 Å². The Balaban J connectivity index is 1.83. The minimum Gasteiger partial charge on any atom is -0.467 e. The zero-order valence-corrected chi connectivity index (χ0v) is 18.2.